The van der Waals surface area contributed by atoms with E-state index < -0.39 is 32.3 Å². The molecule has 0 fully saturated rings. The lowest BCUT2D eigenvalue weighted by Crippen LogP contribution is -2.32. The van der Waals surface area contributed by atoms with Crippen molar-refractivity contribution >= 4 is 31.9 Å². The van der Waals surface area contributed by atoms with E-state index in [1.165, 1.54) is 0 Å². The number of hydrogen-bond donors (Lipinski definition) is 2. The first kappa shape index (κ1) is 16.1. The summed E-state index contributed by atoms with van der Waals surface area (Å²) in [5, 5.41) is 8.83. The second-order valence-electron chi connectivity index (χ2n) is 4.00. The molecule has 19 heavy (non-hydrogen) atoms. The van der Waals surface area contributed by atoms with Crippen LogP contribution >= 0.6 is 15.9 Å². The number of sulfonamides is 1. The smallest absolute Gasteiger partial charge is 0.338 e. The third kappa shape index (κ3) is 3.74. The monoisotopic (exact) mass is 353 g/mol. The van der Waals surface area contributed by atoms with Crippen LogP contribution in [0.15, 0.2) is 21.5 Å². The summed E-state index contributed by atoms with van der Waals surface area (Å²) in [6.45, 7) is 3.40. The molecule has 0 amide bonds. The van der Waals surface area contributed by atoms with Crippen LogP contribution in [0.5, 0.6) is 0 Å². The van der Waals surface area contributed by atoms with Crippen molar-refractivity contribution < 1.29 is 22.7 Å². The standard InChI is InChI=1S/C11H13BrFNO4S/c1-3-6(2)14-19(17,18)9-5-7(12)4-8(10(9)13)11(15)16/h4-6,14H,3H2,1-2H3,(H,15,16). The second kappa shape index (κ2) is 5.98. The van der Waals surface area contributed by atoms with Gasteiger partial charge in [-0.3, -0.25) is 0 Å². The Labute approximate surface area is 119 Å². The van der Waals surface area contributed by atoms with Crippen molar-refractivity contribution in [3.05, 3.63) is 28.0 Å². The first-order valence-electron chi connectivity index (χ1n) is 5.43. The Balaban J connectivity index is 3.39. The summed E-state index contributed by atoms with van der Waals surface area (Å²) in [5.74, 6) is -2.80. The van der Waals surface area contributed by atoms with E-state index in [1.807, 2.05) is 0 Å². The molecule has 0 saturated heterocycles. The van der Waals surface area contributed by atoms with E-state index in [-0.39, 0.29) is 10.5 Å². The SMILES string of the molecule is CCC(C)NS(=O)(=O)c1cc(Br)cc(C(=O)O)c1F. The molecule has 1 aromatic carbocycles. The molecule has 5 nitrogen and oxygen atoms in total. The Bertz CT molecular complexity index is 603. The van der Waals surface area contributed by atoms with E-state index in [2.05, 4.69) is 20.7 Å². The highest BCUT2D eigenvalue weighted by Crippen LogP contribution is 2.24. The van der Waals surface area contributed by atoms with Gasteiger partial charge in [0.15, 0.2) is 5.82 Å². The fourth-order valence-electron chi connectivity index (χ4n) is 1.33. The molecule has 8 heteroatoms. The molecule has 0 aliphatic carbocycles. The van der Waals surface area contributed by atoms with E-state index in [4.69, 9.17) is 5.11 Å². The van der Waals surface area contributed by atoms with Gasteiger partial charge in [0.25, 0.3) is 0 Å². The number of benzene rings is 1. The van der Waals surface area contributed by atoms with Crippen molar-refractivity contribution in [3.8, 4) is 0 Å². The van der Waals surface area contributed by atoms with Crippen LogP contribution in [0.25, 0.3) is 0 Å². The minimum Gasteiger partial charge on any atom is -0.478 e. The highest BCUT2D eigenvalue weighted by molar-refractivity contribution is 9.10. The van der Waals surface area contributed by atoms with Crippen molar-refractivity contribution in [2.45, 2.75) is 31.2 Å². The number of nitrogens with one attached hydrogen (secondary N) is 1. The summed E-state index contributed by atoms with van der Waals surface area (Å²) in [6.07, 6.45) is 0.528. The van der Waals surface area contributed by atoms with Crippen molar-refractivity contribution in [2.75, 3.05) is 0 Å². The van der Waals surface area contributed by atoms with Gasteiger partial charge in [0.05, 0.1) is 5.56 Å². The zero-order valence-electron chi connectivity index (χ0n) is 10.3. The summed E-state index contributed by atoms with van der Waals surface area (Å²) >= 11 is 2.97. The molecule has 0 aliphatic heterocycles. The van der Waals surface area contributed by atoms with Gasteiger partial charge in [0.2, 0.25) is 10.0 Å². The Kier molecular flexibility index (Phi) is 5.05. The summed E-state index contributed by atoms with van der Waals surface area (Å²) in [7, 11) is -4.10. The number of carboxylic acid groups (broad SMARTS) is 1. The molecule has 1 aromatic rings. The third-order valence-electron chi connectivity index (χ3n) is 2.49. The van der Waals surface area contributed by atoms with E-state index in [9.17, 15) is 17.6 Å². The maximum atomic E-state index is 13.9. The fourth-order valence-corrected chi connectivity index (χ4v) is 3.39. The predicted molar refractivity (Wildman–Crippen MR) is 71.1 cm³/mol. The molecule has 1 unspecified atom stereocenters. The summed E-state index contributed by atoms with van der Waals surface area (Å²) in [6, 6.07) is 1.67. The maximum Gasteiger partial charge on any atom is 0.338 e. The highest BCUT2D eigenvalue weighted by atomic mass is 79.9. The Morgan fingerprint density at radius 3 is 2.58 bits per heavy atom. The quantitative estimate of drug-likeness (QED) is 0.850. The van der Waals surface area contributed by atoms with Crippen LogP contribution in [0.4, 0.5) is 4.39 Å². The number of carbonyl (C=O) groups is 1. The van der Waals surface area contributed by atoms with Crippen LogP contribution in [-0.4, -0.2) is 25.5 Å². The summed E-state index contributed by atoms with van der Waals surface area (Å²) < 4.78 is 40.4. The minimum absolute atomic E-state index is 0.177. The molecule has 2 N–H and O–H groups in total. The molecular weight excluding hydrogens is 341 g/mol. The molecule has 0 bridgehead atoms. The van der Waals surface area contributed by atoms with Crippen molar-refractivity contribution in [3.63, 3.8) is 0 Å². The molecule has 1 atom stereocenters. The maximum absolute atomic E-state index is 13.9. The molecule has 0 spiro atoms. The Morgan fingerprint density at radius 2 is 2.11 bits per heavy atom. The number of hydrogen-bond acceptors (Lipinski definition) is 3. The number of carboxylic acids is 1. The number of rotatable bonds is 5. The lowest BCUT2D eigenvalue weighted by atomic mass is 10.2. The zero-order chi connectivity index (χ0) is 14.8. The average molecular weight is 354 g/mol. The van der Waals surface area contributed by atoms with Gasteiger partial charge in [-0.1, -0.05) is 22.9 Å². The largest absolute Gasteiger partial charge is 0.478 e. The third-order valence-corrected chi connectivity index (χ3v) is 4.54. The van der Waals surface area contributed by atoms with Crippen LogP contribution in [0.3, 0.4) is 0 Å². The van der Waals surface area contributed by atoms with Gasteiger partial charge in [-0.2, -0.15) is 0 Å². The molecule has 106 valence electrons. The van der Waals surface area contributed by atoms with E-state index >= 15 is 0 Å². The lowest BCUT2D eigenvalue weighted by molar-refractivity contribution is 0.0691. The van der Waals surface area contributed by atoms with Crippen molar-refractivity contribution in [2.24, 2.45) is 0 Å². The molecule has 0 aromatic heterocycles. The molecular formula is C11H13BrFNO4S. The first-order valence-corrected chi connectivity index (χ1v) is 7.71. The van der Waals surface area contributed by atoms with Crippen LogP contribution < -0.4 is 4.72 Å². The molecule has 0 saturated carbocycles. The van der Waals surface area contributed by atoms with Crippen LogP contribution in [0.2, 0.25) is 0 Å². The van der Waals surface area contributed by atoms with E-state index in [1.54, 1.807) is 13.8 Å². The predicted octanol–water partition coefficient (Wildman–Crippen LogP) is 2.36. The minimum atomic E-state index is -4.10. The first-order chi connectivity index (χ1) is 8.69. The molecule has 0 aliphatic rings. The van der Waals surface area contributed by atoms with Crippen LogP contribution in [-0.2, 0) is 10.0 Å². The topological polar surface area (TPSA) is 83.5 Å². The zero-order valence-corrected chi connectivity index (χ0v) is 12.7. The molecule has 0 heterocycles. The van der Waals surface area contributed by atoms with Gasteiger partial charge in [-0.15, -0.1) is 0 Å². The van der Waals surface area contributed by atoms with Gasteiger partial charge in [0, 0.05) is 10.5 Å². The van der Waals surface area contributed by atoms with Gasteiger partial charge < -0.3 is 5.11 Å². The summed E-state index contributed by atoms with van der Waals surface area (Å²) in [4.78, 5) is 10.2. The summed E-state index contributed by atoms with van der Waals surface area (Å²) in [5.41, 5.74) is -0.695. The van der Waals surface area contributed by atoms with E-state index in [0.29, 0.717) is 6.42 Å². The molecule has 0 radical (unpaired) electrons. The average Bonchev–Trinajstić information content (AvgIpc) is 2.30. The van der Waals surface area contributed by atoms with Crippen LogP contribution in [0, 0.1) is 5.82 Å². The Hall–Kier alpha value is -0.990. The highest BCUT2D eigenvalue weighted by Gasteiger charge is 2.25. The van der Waals surface area contributed by atoms with Gasteiger partial charge in [-0.05, 0) is 25.5 Å². The van der Waals surface area contributed by atoms with Crippen molar-refractivity contribution in [1.29, 1.82) is 0 Å². The number of halogens is 2. The van der Waals surface area contributed by atoms with Crippen molar-refractivity contribution in [1.82, 2.24) is 4.72 Å². The van der Waals surface area contributed by atoms with E-state index in [0.717, 1.165) is 12.1 Å². The second-order valence-corrected chi connectivity index (χ2v) is 6.60. The number of aromatic carboxylic acids is 1. The fraction of sp³-hybridized carbons (Fsp3) is 0.364. The Morgan fingerprint density at radius 1 is 1.53 bits per heavy atom. The van der Waals surface area contributed by atoms with Crippen LogP contribution in [0.1, 0.15) is 30.6 Å². The van der Waals surface area contributed by atoms with Gasteiger partial charge in [-0.25, -0.2) is 22.3 Å². The normalized spacial score (nSPS) is 13.3. The molecule has 1 rings (SSSR count). The van der Waals surface area contributed by atoms with Gasteiger partial charge in [0.1, 0.15) is 4.90 Å². The van der Waals surface area contributed by atoms with Gasteiger partial charge >= 0.3 is 5.97 Å². The lowest BCUT2D eigenvalue weighted by Gasteiger charge is -2.13.